The molecule has 0 radical (unpaired) electrons. The number of phosphoric acid groups is 1. The topological polar surface area (TPSA) is 502 Å². The summed E-state index contributed by atoms with van der Waals surface area (Å²) in [5.74, 6) is -3.98. The molecule has 103 heavy (non-hydrogen) atoms. The third-order valence-electron chi connectivity index (χ3n) is 16.3. The van der Waals surface area contributed by atoms with Crippen molar-refractivity contribution < 1.29 is 136 Å². The Morgan fingerprint density at radius 1 is 0.437 bits per heavy atom. The van der Waals surface area contributed by atoms with E-state index in [1.807, 2.05) is 13.8 Å². The second-order valence-electron chi connectivity index (χ2n) is 24.5. The first kappa shape index (κ1) is 106. The molecule has 0 saturated carbocycles. The second-order valence-corrected chi connectivity index (χ2v) is 26.0. The number of ether oxygens (including phenoxy) is 10. The number of amides is 5. The Kier molecular flexibility index (Phi) is 65.4. The Hall–Kier alpha value is -3.34. The van der Waals surface area contributed by atoms with E-state index >= 15 is 0 Å². The number of nitrogens with two attached hydrogens (primary N) is 1. The quantitative estimate of drug-likeness (QED) is 0.0231. The Balaban J connectivity index is -0.00000231. The van der Waals surface area contributed by atoms with Gasteiger partial charge in [-0.2, -0.15) is 0 Å². The number of carbonyl (C=O) groups excluding carboxylic acids is 5. The first-order valence-electron chi connectivity index (χ1n) is 35.0. The molecule has 16 atom stereocenters. The van der Waals surface area contributed by atoms with Gasteiger partial charge in [0.15, 0.2) is 18.9 Å². The van der Waals surface area contributed by atoms with E-state index in [1.165, 1.54) is 0 Å². The molecule has 5 amide bonds. The van der Waals surface area contributed by atoms with Gasteiger partial charge in [0.2, 0.25) is 29.5 Å². The van der Waals surface area contributed by atoms with Crippen molar-refractivity contribution in [2.75, 3.05) is 139 Å². The van der Waals surface area contributed by atoms with Crippen LogP contribution in [0.25, 0.3) is 0 Å². The summed E-state index contributed by atoms with van der Waals surface area (Å²) in [5.41, 5.74) is 3.79. The molecule has 35 heteroatoms. The van der Waals surface area contributed by atoms with Crippen LogP contribution < -0.4 is 32.3 Å². The summed E-state index contributed by atoms with van der Waals surface area (Å²) in [6.07, 6.45) is -3.94. The molecule has 0 aromatic heterocycles. The Morgan fingerprint density at radius 2 is 0.757 bits per heavy atom. The highest BCUT2D eigenvalue weighted by Gasteiger charge is 2.45. The average Bonchev–Trinajstić information content (AvgIpc) is 0.837. The third kappa shape index (κ3) is 45.3. The predicted octanol–water partition coefficient (Wildman–Crippen LogP) is 1.19. The molecule has 7 unspecified atom stereocenters. The lowest BCUT2D eigenvalue weighted by molar-refractivity contribution is -0.282. The van der Waals surface area contributed by atoms with Crippen molar-refractivity contribution in [3.63, 3.8) is 0 Å². The van der Waals surface area contributed by atoms with E-state index in [9.17, 15) is 74.5 Å². The highest BCUT2D eigenvalue weighted by Crippen LogP contribution is 2.42. The molecule has 3 aliphatic heterocycles. The predicted molar refractivity (Wildman–Crippen MR) is 384 cm³/mol. The Morgan fingerprint density at radius 3 is 1.12 bits per heavy atom. The number of phosphoric ester groups is 1. The molecule has 3 aliphatic rings. The molecule has 17 N–H and O–H groups in total. The van der Waals surface area contributed by atoms with Gasteiger partial charge in [-0.3, -0.25) is 33.0 Å². The van der Waals surface area contributed by atoms with Gasteiger partial charge in [-0.1, -0.05) is 90.0 Å². The van der Waals surface area contributed by atoms with Crippen LogP contribution in [0, 0.1) is 17.8 Å². The fraction of sp³-hybridized carbons (Fsp3) is 0.926. The van der Waals surface area contributed by atoms with Crippen LogP contribution in [0.2, 0.25) is 0 Å². The normalized spacial score (nSPS) is 25.4. The van der Waals surface area contributed by atoms with Crippen molar-refractivity contribution in [1.82, 2.24) is 26.6 Å². The zero-order chi connectivity index (χ0) is 74.0. The van der Waals surface area contributed by atoms with E-state index in [0.717, 1.165) is 52.1 Å². The number of hydrogen-bond donors (Lipinski definition) is 16. The lowest BCUT2D eigenvalue weighted by Gasteiger charge is -2.40. The number of methoxy groups -OCH3 is 1. The highest BCUT2D eigenvalue weighted by atomic mass is 31.2. The molecule has 34 nitrogen and oxygen atoms in total. The van der Waals surface area contributed by atoms with E-state index in [0.29, 0.717) is 64.8 Å². The van der Waals surface area contributed by atoms with Gasteiger partial charge < -0.3 is 131 Å². The summed E-state index contributed by atoms with van der Waals surface area (Å²) in [6, 6.07) is 0. The van der Waals surface area contributed by atoms with Crippen molar-refractivity contribution in [2.24, 2.45) is 23.5 Å². The number of aliphatic hydroxyl groups excluding tert-OH is 9. The molecule has 0 aromatic carbocycles. The molecule has 0 aromatic rings. The molecular formula is C68H141N6O28P. The van der Waals surface area contributed by atoms with Gasteiger partial charge in [-0.15, -0.1) is 0 Å². The first-order chi connectivity index (χ1) is 47.4. The molecule has 3 rings (SSSR count). The maximum absolute atomic E-state index is 13.7. The maximum Gasteiger partial charge on any atom is 0.471 e. The smallest absolute Gasteiger partial charge is 0.394 e. The van der Waals surface area contributed by atoms with Crippen molar-refractivity contribution >= 4 is 37.4 Å². The fourth-order valence-corrected chi connectivity index (χ4v) is 10.7. The Bertz CT molecular complexity index is 2090. The van der Waals surface area contributed by atoms with E-state index in [1.54, 1.807) is 27.9 Å². The second kappa shape index (κ2) is 63.6. The number of rotatable bonds is 53. The van der Waals surface area contributed by atoms with Gasteiger partial charge in [0.25, 0.3) is 0 Å². The van der Waals surface area contributed by atoms with Crippen LogP contribution in [0.1, 0.15) is 173 Å². The van der Waals surface area contributed by atoms with Crippen molar-refractivity contribution in [3.05, 3.63) is 0 Å². The summed E-state index contributed by atoms with van der Waals surface area (Å²) < 4.78 is 76.7. The fourth-order valence-electron chi connectivity index (χ4n) is 10.2. The molecule has 3 fully saturated rings. The summed E-state index contributed by atoms with van der Waals surface area (Å²) in [7, 11) is -0.977. The van der Waals surface area contributed by atoms with Gasteiger partial charge >= 0.3 is 7.82 Å². The van der Waals surface area contributed by atoms with Crippen LogP contribution in [-0.2, 0) is 85.0 Å². The largest absolute Gasteiger partial charge is 0.471 e. The highest BCUT2D eigenvalue weighted by molar-refractivity contribution is 7.47. The standard InChI is InChI=1S/C55H101N5O24.C7H18NO4P.C2H6.4CH4/c1-35-46(69)49(72)38(29-61)82-52(35)79-22-11-7-9-17-56-41(64)14-25-76-32-55(60-45(68)28-44(67)59-18-8-5-6-10-21-75-4,33-77-26-15-42(65)57-19-12-23-80-53-36(2)47(70)50(73)39(30-62)83-53)34-78-27-16-43(66)58-20-13-24-81-54-37(3)48(71)51(74)40(31-63)84-54;1-11-13(9,10)12-7-5-3-2-4-6-8;1-2;;;;/h35-40,46-54,61-63,69-74H,5-34H2,1-4H3,(H,56,64)(H,57,65)(H,58,66)(H,59,67)(H,60,68);2-8H2,1H3,(H,9,10);1-2H3;4*1H4/t35?,36?,37?,38?,39?,40?,46-,47-,48-,49+,50+,51+,52-,53-,54-,55?;;;;;;/m1....../s1. The van der Waals surface area contributed by atoms with Crippen molar-refractivity contribution in [2.45, 2.75) is 253 Å². The van der Waals surface area contributed by atoms with Crippen LogP contribution in [0.4, 0.5) is 0 Å². The first-order valence-corrected chi connectivity index (χ1v) is 36.5. The third-order valence-corrected chi connectivity index (χ3v) is 17.3. The van der Waals surface area contributed by atoms with Crippen molar-refractivity contribution in [3.8, 4) is 0 Å². The molecule has 3 saturated heterocycles. The number of aliphatic hydroxyl groups is 9. The minimum atomic E-state index is -3.75. The van der Waals surface area contributed by atoms with E-state index in [2.05, 4.69) is 35.6 Å². The molecule has 0 spiro atoms. The van der Waals surface area contributed by atoms with Crippen LogP contribution in [-0.4, -0.2) is 299 Å². The van der Waals surface area contributed by atoms with Crippen LogP contribution in [0.15, 0.2) is 0 Å². The molecule has 0 aliphatic carbocycles. The number of carbonyl (C=O) groups is 5. The summed E-state index contributed by atoms with van der Waals surface area (Å²) in [5, 5.41) is 104. The SMILES string of the molecule is C.C.C.C.CC.COCCCCCCNC(=O)CC(=O)NC(COCCC(=O)NCCCCCO[C@@H]1OC(CO)[C@H](O)[C@H](O)C1C)(COCCC(=O)NCCCO[C@@H]1OC(CO)[C@H](O)[C@H](O)C1C)COCCC(=O)NCCCO[C@@H]1OC(CO)[C@H](O)[C@H](O)C1C.COP(=O)(O)OCCCCCCN. The van der Waals surface area contributed by atoms with E-state index in [4.69, 9.17) is 58.0 Å². The summed E-state index contributed by atoms with van der Waals surface area (Å²) >= 11 is 0. The minimum absolute atomic E-state index is 0. The lowest BCUT2D eigenvalue weighted by atomic mass is 9.92. The van der Waals surface area contributed by atoms with E-state index in [-0.39, 0.29) is 146 Å². The van der Waals surface area contributed by atoms with Gasteiger partial charge in [0.05, 0.1) is 97.6 Å². The summed E-state index contributed by atoms with van der Waals surface area (Å²) in [6.45, 7) is 9.44. The molecular weight excluding hydrogens is 1380 g/mol. The minimum Gasteiger partial charge on any atom is -0.394 e. The average molecular weight is 1520 g/mol. The number of hydrogen-bond acceptors (Lipinski definition) is 28. The van der Waals surface area contributed by atoms with Gasteiger partial charge in [0.1, 0.15) is 48.6 Å². The van der Waals surface area contributed by atoms with Gasteiger partial charge in [0, 0.05) is 90.6 Å². The Labute approximate surface area is 613 Å². The molecule has 0 bridgehead atoms. The monoisotopic (exact) mass is 1520 g/mol. The molecule has 3 heterocycles. The zero-order valence-electron chi connectivity index (χ0n) is 59.5. The zero-order valence-corrected chi connectivity index (χ0v) is 60.4. The van der Waals surface area contributed by atoms with Crippen LogP contribution in [0.3, 0.4) is 0 Å². The van der Waals surface area contributed by atoms with Gasteiger partial charge in [-0.05, 0) is 64.3 Å². The lowest BCUT2D eigenvalue weighted by Crippen LogP contribution is -2.59. The van der Waals surface area contributed by atoms with Crippen molar-refractivity contribution in [1.29, 1.82) is 0 Å². The molecule has 616 valence electrons. The maximum atomic E-state index is 13.7. The van der Waals surface area contributed by atoms with E-state index < -0.39 is 143 Å². The number of nitrogens with one attached hydrogen (secondary N) is 5. The van der Waals surface area contributed by atoms with Crippen LogP contribution >= 0.6 is 7.82 Å². The van der Waals surface area contributed by atoms with Crippen LogP contribution in [0.5, 0.6) is 0 Å². The number of unbranched alkanes of at least 4 members (excludes halogenated alkanes) is 8. The summed E-state index contributed by atoms with van der Waals surface area (Å²) in [4.78, 5) is 74.2. The van der Waals surface area contributed by atoms with Gasteiger partial charge in [-0.25, -0.2) is 4.57 Å².